The van der Waals surface area contributed by atoms with Gasteiger partial charge in [0.05, 0.1) is 0 Å². The van der Waals surface area contributed by atoms with Gasteiger partial charge in [-0.15, -0.1) is 0 Å². The zero-order valence-corrected chi connectivity index (χ0v) is 15.9. The molecule has 3 aliphatic rings. The summed E-state index contributed by atoms with van der Waals surface area (Å²) in [7, 11) is -1.87. The van der Waals surface area contributed by atoms with Crippen molar-refractivity contribution in [2.45, 2.75) is 63.3 Å². The highest BCUT2D eigenvalue weighted by Gasteiger charge is 2.57. The number of aliphatic imine (C=N–C) groups is 1. The molecule has 0 aromatic heterocycles. The molecule has 0 saturated carbocycles. The van der Waals surface area contributed by atoms with E-state index in [0.717, 1.165) is 17.2 Å². The van der Waals surface area contributed by atoms with Gasteiger partial charge in [-0.3, -0.25) is 0 Å². The van der Waals surface area contributed by atoms with Crippen molar-refractivity contribution in [3.8, 4) is 0 Å². The largest absolute Gasteiger partial charge is 0.545 e. The fourth-order valence-corrected chi connectivity index (χ4v) is 4.23. The monoisotopic (exact) mass is 343 g/mol. The standard InChI is InChI=1S/C19H25NO3Si/c1-19(2,3)24(4,5)23-14-11-13-15-17(16(14)21-13)22-18(20-15)12-9-7-6-8-10-12/h6-11,13,15-17H,1-5H3/t13-,15-,16+,17-/m1/s1. The van der Waals surface area contributed by atoms with Crippen LogP contribution in [0.4, 0.5) is 0 Å². The van der Waals surface area contributed by atoms with E-state index in [1.807, 2.05) is 30.3 Å². The van der Waals surface area contributed by atoms with Crippen molar-refractivity contribution >= 4 is 14.2 Å². The van der Waals surface area contributed by atoms with Crippen LogP contribution in [-0.4, -0.2) is 38.6 Å². The van der Waals surface area contributed by atoms with Crippen LogP contribution >= 0.6 is 0 Å². The second-order valence-electron chi connectivity index (χ2n) is 8.33. The molecule has 1 aromatic carbocycles. The molecule has 2 bridgehead atoms. The fraction of sp³-hybridized carbons (Fsp3) is 0.526. The zero-order valence-electron chi connectivity index (χ0n) is 14.9. The molecule has 1 saturated heterocycles. The van der Waals surface area contributed by atoms with Gasteiger partial charge in [0.15, 0.2) is 12.2 Å². The predicted molar refractivity (Wildman–Crippen MR) is 96.7 cm³/mol. The molecule has 0 radical (unpaired) electrons. The molecule has 1 fully saturated rings. The lowest BCUT2D eigenvalue weighted by atomic mass is 9.98. The normalized spacial score (nSPS) is 31.4. The lowest BCUT2D eigenvalue weighted by Gasteiger charge is -2.38. The summed E-state index contributed by atoms with van der Waals surface area (Å²) in [5.74, 6) is 1.68. The number of ether oxygens (including phenoxy) is 2. The van der Waals surface area contributed by atoms with Gasteiger partial charge in [0.25, 0.3) is 0 Å². The van der Waals surface area contributed by atoms with Gasteiger partial charge in [-0.05, 0) is 36.3 Å². The third kappa shape index (κ3) is 2.42. The molecule has 1 aromatic rings. The Hall–Kier alpha value is -1.59. The van der Waals surface area contributed by atoms with Crippen LogP contribution in [0.3, 0.4) is 0 Å². The number of nitrogens with zero attached hydrogens (tertiary/aromatic N) is 1. The first kappa shape index (κ1) is 15.9. The van der Waals surface area contributed by atoms with Crippen molar-refractivity contribution in [3.05, 3.63) is 47.7 Å². The molecule has 5 heteroatoms. The highest BCUT2D eigenvalue weighted by Crippen LogP contribution is 2.45. The molecule has 3 heterocycles. The van der Waals surface area contributed by atoms with E-state index in [0.29, 0.717) is 0 Å². The Morgan fingerprint density at radius 1 is 1.12 bits per heavy atom. The second kappa shape index (κ2) is 5.20. The minimum atomic E-state index is -1.87. The molecule has 0 spiro atoms. The Labute approximate surface area is 144 Å². The smallest absolute Gasteiger partial charge is 0.250 e. The summed E-state index contributed by atoms with van der Waals surface area (Å²) in [6.45, 7) is 11.3. The molecule has 128 valence electrons. The fourth-order valence-electron chi connectivity index (χ4n) is 3.15. The van der Waals surface area contributed by atoms with Crippen molar-refractivity contribution in [1.82, 2.24) is 0 Å². The average Bonchev–Trinajstić information content (AvgIpc) is 3.17. The summed E-state index contributed by atoms with van der Waals surface area (Å²) < 4.78 is 18.7. The van der Waals surface area contributed by atoms with E-state index in [1.165, 1.54) is 0 Å². The van der Waals surface area contributed by atoms with E-state index in [1.54, 1.807) is 0 Å². The Morgan fingerprint density at radius 2 is 1.83 bits per heavy atom. The van der Waals surface area contributed by atoms with Crippen LogP contribution in [0.1, 0.15) is 26.3 Å². The van der Waals surface area contributed by atoms with Crippen molar-refractivity contribution < 1.29 is 13.9 Å². The van der Waals surface area contributed by atoms with Gasteiger partial charge in [0.1, 0.15) is 17.9 Å². The maximum absolute atomic E-state index is 6.49. The number of hydrogen-bond acceptors (Lipinski definition) is 4. The first-order valence-corrected chi connectivity index (χ1v) is 11.5. The first-order chi connectivity index (χ1) is 11.3. The van der Waals surface area contributed by atoms with Crippen molar-refractivity contribution in [1.29, 1.82) is 0 Å². The Kier molecular flexibility index (Phi) is 3.45. The quantitative estimate of drug-likeness (QED) is 0.782. The van der Waals surface area contributed by atoms with Crippen LogP contribution in [0.15, 0.2) is 47.2 Å². The van der Waals surface area contributed by atoms with Crippen LogP contribution in [0, 0.1) is 0 Å². The molecule has 0 aliphatic carbocycles. The lowest BCUT2D eigenvalue weighted by molar-refractivity contribution is 0.0513. The van der Waals surface area contributed by atoms with Gasteiger partial charge < -0.3 is 13.9 Å². The van der Waals surface area contributed by atoms with Crippen LogP contribution in [0.5, 0.6) is 0 Å². The summed E-state index contributed by atoms with van der Waals surface area (Å²) in [5, 5.41) is 0.164. The Bertz CT molecular complexity index is 705. The summed E-state index contributed by atoms with van der Waals surface area (Å²) in [5.41, 5.74) is 1.03. The van der Waals surface area contributed by atoms with Gasteiger partial charge in [-0.2, -0.15) is 0 Å². The number of hydrogen-bond donors (Lipinski definition) is 0. The van der Waals surface area contributed by atoms with Crippen molar-refractivity contribution in [2.75, 3.05) is 0 Å². The van der Waals surface area contributed by atoms with E-state index >= 15 is 0 Å². The van der Waals surface area contributed by atoms with Gasteiger partial charge in [-0.25, -0.2) is 4.99 Å². The molecule has 24 heavy (non-hydrogen) atoms. The summed E-state index contributed by atoms with van der Waals surface area (Å²) in [4.78, 5) is 4.76. The second-order valence-corrected chi connectivity index (χ2v) is 13.1. The molecule has 3 aliphatic heterocycles. The topological polar surface area (TPSA) is 40.0 Å². The van der Waals surface area contributed by atoms with Gasteiger partial charge in [0, 0.05) is 5.56 Å². The zero-order chi connectivity index (χ0) is 17.1. The number of benzene rings is 1. The van der Waals surface area contributed by atoms with Crippen molar-refractivity contribution in [2.24, 2.45) is 4.99 Å². The molecule has 4 atom stereocenters. The number of fused-ring (bicyclic) bond motifs is 5. The average molecular weight is 343 g/mol. The minimum absolute atomic E-state index is 0.0269. The predicted octanol–water partition coefficient (Wildman–Crippen LogP) is 3.89. The van der Waals surface area contributed by atoms with Gasteiger partial charge >= 0.3 is 0 Å². The molecule has 4 rings (SSSR count). The highest BCUT2D eigenvalue weighted by molar-refractivity contribution is 6.74. The van der Waals surface area contributed by atoms with Gasteiger partial charge in [-0.1, -0.05) is 39.0 Å². The van der Waals surface area contributed by atoms with E-state index < -0.39 is 8.32 Å². The molecular formula is C19H25NO3Si. The third-order valence-electron chi connectivity index (χ3n) is 5.60. The molecule has 0 unspecified atom stereocenters. The summed E-state index contributed by atoms with van der Waals surface area (Å²) in [6.07, 6.45) is 1.91. The lowest BCUT2D eigenvalue weighted by Crippen LogP contribution is -2.44. The van der Waals surface area contributed by atoms with E-state index in [2.05, 4.69) is 39.9 Å². The Balaban J connectivity index is 1.52. The first-order valence-electron chi connectivity index (χ1n) is 8.62. The molecule has 4 nitrogen and oxygen atoms in total. The van der Waals surface area contributed by atoms with Crippen LogP contribution < -0.4 is 0 Å². The summed E-state index contributed by atoms with van der Waals surface area (Å²) in [6, 6.07) is 10.1. The SMILES string of the molecule is CC(C)(C)[Si](C)(C)OC1=C[C@H]2O[C@@H]1[C@@H]1OC(c3ccccc3)=N[C@@H]12. The van der Waals surface area contributed by atoms with Crippen molar-refractivity contribution in [3.63, 3.8) is 0 Å². The Morgan fingerprint density at radius 3 is 2.50 bits per heavy atom. The van der Waals surface area contributed by atoms with E-state index in [-0.39, 0.29) is 29.4 Å². The van der Waals surface area contributed by atoms with Crippen LogP contribution in [0.2, 0.25) is 18.1 Å². The highest BCUT2D eigenvalue weighted by atomic mass is 28.4. The third-order valence-corrected chi connectivity index (χ3v) is 9.96. The number of rotatable bonds is 3. The van der Waals surface area contributed by atoms with Gasteiger partial charge in [0.2, 0.25) is 14.2 Å². The molecule has 0 N–H and O–H groups in total. The maximum atomic E-state index is 6.49. The molecular weight excluding hydrogens is 318 g/mol. The van der Waals surface area contributed by atoms with Crippen LogP contribution in [0.25, 0.3) is 0 Å². The van der Waals surface area contributed by atoms with E-state index in [4.69, 9.17) is 18.9 Å². The molecule has 0 amide bonds. The van der Waals surface area contributed by atoms with Crippen LogP contribution in [-0.2, 0) is 13.9 Å². The maximum Gasteiger partial charge on any atom is 0.250 e. The summed E-state index contributed by atoms with van der Waals surface area (Å²) >= 11 is 0. The minimum Gasteiger partial charge on any atom is -0.545 e. The van der Waals surface area contributed by atoms with E-state index in [9.17, 15) is 0 Å².